The molecule has 0 radical (unpaired) electrons. The number of carbonyl (C=O) groups is 1. The van der Waals surface area contributed by atoms with Gasteiger partial charge in [0.15, 0.2) is 0 Å². The van der Waals surface area contributed by atoms with Crippen molar-refractivity contribution >= 4 is 21.9 Å². The van der Waals surface area contributed by atoms with Crippen molar-refractivity contribution in [2.45, 2.75) is 38.0 Å². The van der Waals surface area contributed by atoms with Gasteiger partial charge in [0.05, 0.1) is 6.54 Å². The van der Waals surface area contributed by atoms with Crippen LogP contribution in [0.1, 0.15) is 31.4 Å². The Morgan fingerprint density at radius 2 is 2.30 bits per heavy atom. The molecular weight excluding hydrogens is 360 g/mol. The third kappa shape index (κ3) is 3.37. The zero-order chi connectivity index (χ0) is 16.4. The van der Waals surface area contributed by atoms with E-state index in [4.69, 9.17) is 10.3 Å². The molecule has 2 saturated heterocycles. The molecule has 0 aliphatic carbocycles. The van der Waals surface area contributed by atoms with E-state index < -0.39 is 0 Å². The van der Waals surface area contributed by atoms with Gasteiger partial charge in [0.1, 0.15) is 12.1 Å². The van der Waals surface area contributed by atoms with Crippen LogP contribution >= 0.6 is 15.9 Å². The molecule has 2 fully saturated rings. The van der Waals surface area contributed by atoms with Crippen LogP contribution in [0.15, 0.2) is 33.9 Å². The summed E-state index contributed by atoms with van der Waals surface area (Å²) >= 11 is 3.53. The minimum atomic E-state index is -0.366. The molecule has 6 nitrogen and oxygen atoms in total. The van der Waals surface area contributed by atoms with Gasteiger partial charge < -0.3 is 4.74 Å². The van der Waals surface area contributed by atoms with E-state index >= 15 is 0 Å². The third-order valence-electron chi connectivity index (χ3n) is 4.70. The van der Waals surface area contributed by atoms with Crippen LogP contribution in [0.3, 0.4) is 0 Å². The highest BCUT2D eigenvalue weighted by atomic mass is 79.9. The predicted molar refractivity (Wildman–Crippen MR) is 89.7 cm³/mol. The average molecular weight is 379 g/mol. The number of hydrogen-bond acceptors (Lipinski definition) is 4. The number of halogens is 1. The number of piperidine rings is 1. The summed E-state index contributed by atoms with van der Waals surface area (Å²) in [6.45, 7) is 3.02. The molecule has 23 heavy (non-hydrogen) atoms. The second kappa shape index (κ2) is 6.91. The fraction of sp³-hybridized carbons (Fsp3) is 0.562. The SMILES string of the molecule is C[C@@H]1CC[C@H]2C(=O)O[C@H](CN=[N+]=[N-])CN2[C@H]1c1cccc(Br)c1. The average Bonchev–Trinajstić information content (AvgIpc) is 2.52. The maximum atomic E-state index is 12.3. The van der Waals surface area contributed by atoms with E-state index in [1.165, 1.54) is 5.56 Å². The van der Waals surface area contributed by atoms with E-state index in [0.29, 0.717) is 12.5 Å². The van der Waals surface area contributed by atoms with Crippen LogP contribution in [0.2, 0.25) is 0 Å². The van der Waals surface area contributed by atoms with Crippen molar-refractivity contribution in [1.82, 2.24) is 4.90 Å². The topological polar surface area (TPSA) is 78.3 Å². The molecule has 0 unspecified atom stereocenters. The van der Waals surface area contributed by atoms with Crippen LogP contribution in [0.4, 0.5) is 0 Å². The number of azide groups is 1. The van der Waals surface area contributed by atoms with Crippen LogP contribution in [0.5, 0.6) is 0 Å². The first-order chi connectivity index (χ1) is 11.1. The van der Waals surface area contributed by atoms with E-state index in [-0.39, 0.29) is 30.7 Å². The number of cyclic esters (lactones) is 1. The van der Waals surface area contributed by atoms with Crippen LogP contribution in [-0.4, -0.2) is 36.1 Å². The molecule has 0 N–H and O–H groups in total. The summed E-state index contributed by atoms with van der Waals surface area (Å²) in [5.74, 6) is 0.257. The summed E-state index contributed by atoms with van der Waals surface area (Å²) in [6, 6.07) is 8.23. The summed E-state index contributed by atoms with van der Waals surface area (Å²) in [6.07, 6.45) is 1.45. The van der Waals surface area contributed by atoms with Crippen LogP contribution in [-0.2, 0) is 9.53 Å². The van der Waals surface area contributed by atoms with E-state index in [9.17, 15) is 4.79 Å². The van der Waals surface area contributed by atoms with E-state index in [1.807, 2.05) is 12.1 Å². The Labute approximate surface area is 143 Å². The number of ether oxygens (including phenoxy) is 1. The molecule has 3 rings (SSSR count). The highest BCUT2D eigenvalue weighted by molar-refractivity contribution is 9.10. The Bertz CT molecular complexity index is 647. The van der Waals surface area contributed by atoms with Gasteiger partial charge in [-0.3, -0.25) is 9.69 Å². The Kier molecular flexibility index (Phi) is 4.90. The van der Waals surface area contributed by atoms with Gasteiger partial charge in [-0.15, -0.1) is 0 Å². The fourth-order valence-electron chi connectivity index (χ4n) is 3.71. The Morgan fingerprint density at radius 1 is 1.48 bits per heavy atom. The second-order valence-electron chi connectivity index (χ2n) is 6.24. The number of hydrogen-bond donors (Lipinski definition) is 0. The van der Waals surface area contributed by atoms with Gasteiger partial charge >= 0.3 is 5.97 Å². The summed E-state index contributed by atoms with van der Waals surface area (Å²) in [5.41, 5.74) is 9.70. The third-order valence-corrected chi connectivity index (χ3v) is 5.19. The molecule has 1 aromatic rings. The van der Waals surface area contributed by atoms with E-state index in [0.717, 1.165) is 17.3 Å². The predicted octanol–water partition coefficient (Wildman–Crippen LogP) is 3.83. The van der Waals surface area contributed by atoms with Gasteiger partial charge in [-0.05, 0) is 42.0 Å². The molecule has 0 saturated carbocycles. The summed E-state index contributed by atoms with van der Waals surface area (Å²) in [5, 5.41) is 3.57. The van der Waals surface area contributed by atoms with Gasteiger partial charge in [-0.1, -0.05) is 40.1 Å². The standard InChI is InChI=1S/C16H19BrN4O2/c1-10-5-6-14-16(22)23-13(8-19-20-18)9-21(14)15(10)11-3-2-4-12(17)7-11/h2-4,7,10,13-15H,5-6,8-9H2,1H3/t10-,13-,14+,15-/m1/s1. The highest BCUT2D eigenvalue weighted by Crippen LogP contribution is 2.41. The molecule has 0 spiro atoms. The Hall–Kier alpha value is -1.56. The lowest BCUT2D eigenvalue weighted by Gasteiger charge is -2.48. The highest BCUT2D eigenvalue weighted by Gasteiger charge is 2.44. The number of morpholine rings is 1. The van der Waals surface area contributed by atoms with E-state index in [1.54, 1.807) is 0 Å². The molecule has 4 atom stereocenters. The van der Waals surface area contributed by atoms with E-state index in [2.05, 4.69) is 49.9 Å². The Balaban J connectivity index is 1.90. The van der Waals surface area contributed by atoms with Crippen molar-refractivity contribution in [2.75, 3.05) is 13.1 Å². The lowest BCUT2D eigenvalue weighted by Crippen LogP contribution is -2.57. The zero-order valence-corrected chi connectivity index (χ0v) is 14.5. The van der Waals surface area contributed by atoms with Crippen molar-refractivity contribution in [3.8, 4) is 0 Å². The van der Waals surface area contributed by atoms with Gasteiger partial charge in [-0.25, -0.2) is 0 Å². The molecule has 2 heterocycles. The van der Waals surface area contributed by atoms with Crippen molar-refractivity contribution in [3.63, 3.8) is 0 Å². The van der Waals surface area contributed by atoms with Crippen molar-refractivity contribution in [3.05, 3.63) is 44.7 Å². The maximum Gasteiger partial charge on any atom is 0.323 e. The zero-order valence-electron chi connectivity index (χ0n) is 12.9. The van der Waals surface area contributed by atoms with Gasteiger partial charge in [0, 0.05) is 22.0 Å². The van der Waals surface area contributed by atoms with Crippen LogP contribution in [0, 0.1) is 5.92 Å². The molecule has 2 aliphatic heterocycles. The molecule has 0 aromatic heterocycles. The number of rotatable bonds is 3. The number of nitrogens with zero attached hydrogens (tertiary/aromatic N) is 4. The normalized spacial score (nSPS) is 31.0. The van der Waals surface area contributed by atoms with Crippen molar-refractivity contribution in [1.29, 1.82) is 0 Å². The minimum Gasteiger partial charge on any atom is -0.460 e. The second-order valence-corrected chi connectivity index (χ2v) is 7.16. The van der Waals surface area contributed by atoms with Gasteiger partial charge in [0.2, 0.25) is 0 Å². The maximum absolute atomic E-state index is 12.3. The molecule has 1 aromatic carbocycles. The molecular formula is C16H19BrN4O2. The molecule has 0 bridgehead atoms. The summed E-state index contributed by atoms with van der Waals surface area (Å²) in [4.78, 5) is 17.4. The molecule has 0 amide bonds. The number of benzene rings is 1. The minimum absolute atomic E-state index is 0.174. The summed E-state index contributed by atoms with van der Waals surface area (Å²) < 4.78 is 6.48. The van der Waals surface area contributed by atoms with Crippen LogP contribution < -0.4 is 0 Å². The van der Waals surface area contributed by atoms with Crippen LogP contribution in [0.25, 0.3) is 10.4 Å². The fourth-order valence-corrected chi connectivity index (χ4v) is 4.12. The van der Waals surface area contributed by atoms with Crippen molar-refractivity contribution < 1.29 is 9.53 Å². The molecule has 7 heteroatoms. The smallest absolute Gasteiger partial charge is 0.323 e. The van der Waals surface area contributed by atoms with Gasteiger partial charge in [-0.2, -0.15) is 0 Å². The van der Waals surface area contributed by atoms with Crippen molar-refractivity contribution in [2.24, 2.45) is 11.0 Å². The largest absolute Gasteiger partial charge is 0.460 e. The number of fused-ring (bicyclic) bond motifs is 1. The lowest BCUT2D eigenvalue weighted by atomic mass is 9.82. The lowest BCUT2D eigenvalue weighted by molar-refractivity contribution is -0.173. The summed E-state index contributed by atoms with van der Waals surface area (Å²) in [7, 11) is 0. The first kappa shape index (κ1) is 16.3. The molecule has 2 aliphatic rings. The van der Waals surface area contributed by atoms with Gasteiger partial charge in [0.25, 0.3) is 0 Å². The number of carbonyl (C=O) groups excluding carboxylic acids is 1. The first-order valence-electron chi connectivity index (χ1n) is 7.82. The Morgan fingerprint density at radius 3 is 3.04 bits per heavy atom. The molecule has 122 valence electrons. The monoisotopic (exact) mass is 378 g/mol. The quantitative estimate of drug-likeness (QED) is 0.347. The number of esters is 1. The first-order valence-corrected chi connectivity index (χ1v) is 8.62.